The topological polar surface area (TPSA) is 49.4 Å². The minimum atomic E-state index is -0.214. The van der Waals surface area contributed by atoms with Crippen molar-refractivity contribution < 1.29 is 9.59 Å². The third-order valence-corrected chi connectivity index (χ3v) is 5.34. The van der Waals surface area contributed by atoms with E-state index >= 15 is 0 Å². The van der Waals surface area contributed by atoms with Crippen LogP contribution in [0.3, 0.4) is 0 Å². The number of hydrogen-bond donors (Lipinski definition) is 1. The summed E-state index contributed by atoms with van der Waals surface area (Å²) in [6, 6.07) is 18.0. The maximum Gasteiger partial charge on any atom is 0.265 e. The summed E-state index contributed by atoms with van der Waals surface area (Å²) in [5.74, 6) is -0.360. The zero-order valence-electron chi connectivity index (χ0n) is 14.8. The minimum absolute atomic E-state index is 0.145. The van der Waals surface area contributed by atoms with Gasteiger partial charge < -0.3 is 10.2 Å². The second kappa shape index (κ2) is 8.72. The molecule has 3 rings (SSSR count). The number of carbonyl (C=O) groups is 2. The number of fused-ring (bicyclic) bond motifs is 1. The van der Waals surface area contributed by atoms with Gasteiger partial charge in [0.1, 0.15) is 0 Å². The summed E-state index contributed by atoms with van der Waals surface area (Å²) in [6.07, 6.45) is 4.35. The van der Waals surface area contributed by atoms with E-state index in [0.717, 1.165) is 29.8 Å². The number of benzene rings is 2. The molecule has 4 nitrogen and oxygen atoms in total. The fourth-order valence-electron chi connectivity index (χ4n) is 2.83. The summed E-state index contributed by atoms with van der Waals surface area (Å²) >= 11 is 1.35. The number of likely N-dealkylation sites (N-methyl/N-ethyl adjacent to an activating group) is 1. The third kappa shape index (κ3) is 4.55. The van der Waals surface area contributed by atoms with E-state index in [1.54, 1.807) is 11.9 Å². The summed E-state index contributed by atoms with van der Waals surface area (Å²) in [5.41, 5.74) is 2.19. The number of unbranched alkanes of at least 4 members (excludes halogenated alkanes) is 1. The van der Waals surface area contributed by atoms with Crippen LogP contribution in [-0.4, -0.2) is 25.4 Å². The standard InChI is InChI=1S/C21H22N2O2S/c1-23-17-12-5-6-13-18(17)26-19(21(23)25)15-20(24)22-14-8-7-11-16-9-3-2-4-10-16/h2-6,9-10,12-13,15H,7-8,11,14H2,1H3,(H,22,24)/b19-15+. The third-order valence-electron chi connectivity index (χ3n) is 4.26. The number of carbonyl (C=O) groups excluding carboxylic acids is 2. The lowest BCUT2D eigenvalue weighted by Crippen LogP contribution is -2.31. The minimum Gasteiger partial charge on any atom is -0.353 e. The van der Waals surface area contributed by atoms with E-state index in [4.69, 9.17) is 0 Å². The van der Waals surface area contributed by atoms with Gasteiger partial charge >= 0.3 is 0 Å². The van der Waals surface area contributed by atoms with Crippen LogP contribution >= 0.6 is 11.8 Å². The average Bonchev–Trinajstić information content (AvgIpc) is 2.66. The maximum absolute atomic E-state index is 12.4. The molecule has 0 radical (unpaired) electrons. The molecule has 0 aromatic heterocycles. The lowest BCUT2D eigenvalue weighted by molar-refractivity contribution is -0.117. The zero-order chi connectivity index (χ0) is 18.4. The van der Waals surface area contributed by atoms with Crippen molar-refractivity contribution in [1.29, 1.82) is 0 Å². The van der Waals surface area contributed by atoms with Crippen molar-refractivity contribution >= 4 is 29.3 Å². The Morgan fingerprint density at radius 1 is 1.08 bits per heavy atom. The summed E-state index contributed by atoms with van der Waals surface area (Å²) < 4.78 is 0. The normalized spacial score (nSPS) is 15.0. The molecule has 1 aliphatic heterocycles. The van der Waals surface area contributed by atoms with Gasteiger partial charge in [-0.25, -0.2) is 0 Å². The van der Waals surface area contributed by atoms with Crippen LogP contribution < -0.4 is 10.2 Å². The molecule has 0 spiro atoms. The number of rotatable bonds is 6. The molecule has 26 heavy (non-hydrogen) atoms. The van der Waals surface area contributed by atoms with E-state index in [1.165, 1.54) is 23.4 Å². The van der Waals surface area contributed by atoms with Crippen LogP contribution in [0.2, 0.25) is 0 Å². The highest BCUT2D eigenvalue weighted by Crippen LogP contribution is 2.40. The molecule has 5 heteroatoms. The first-order valence-corrected chi connectivity index (χ1v) is 9.55. The average molecular weight is 366 g/mol. The van der Waals surface area contributed by atoms with Crippen molar-refractivity contribution in [2.75, 3.05) is 18.5 Å². The monoisotopic (exact) mass is 366 g/mol. The van der Waals surface area contributed by atoms with Crippen molar-refractivity contribution in [2.24, 2.45) is 0 Å². The zero-order valence-corrected chi connectivity index (χ0v) is 15.6. The number of nitrogens with zero attached hydrogens (tertiary/aromatic N) is 1. The van der Waals surface area contributed by atoms with Crippen LogP contribution in [0.1, 0.15) is 18.4 Å². The van der Waals surface area contributed by atoms with Crippen molar-refractivity contribution in [3.05, 3.63) is 71.1 Å². The Morgan fingerprint density at radius 2 is 1.81 bits per heavy atom. The van der Waals surface area contributed by atoms with Crippen LogP contribution in [0.15, 0.2) is 70.5 Å². The highest BCUT2D eigenvalue weighted by Gasteiger charge is 2.26. The molecule has 1 heterocycles. The van der Waals surface area contributed by atoms with E-state index in [2.05, 4.69) is 17.4 Å². The van der Waals surface area contributed by atoms with Crippen LogP contribution in [0.4, 0.5) is 5.69 Å². The fourth-order valence-corrected chi connectivity index (χ4v) is 3.91. The van der Waals surface area contributed by atoms with Gasteiger partial charge in [0, 0.05) is 24.6 Å². The molecule has 2 aromatic rings. The molecule has 1 aliphatic rings. The number of amides is 2. The quantitative estimate of drug-likeness (QED) is 0.625. The Labute approximate surface area is 158 Å². The molecule has 134 valence electrons. The molecule has 0 atom stereocenters. The molecule has 0 saturated heterocycles. The summed E-state index contributed by atoms with van der Waals surface area (Å²) in [7, 11) is 1.73. The summed E-state index contributed by atoms with van der Waals surface area (Å²) in [4.78, 5) is 27.6. The second-order valence-electron chi connectivity index (χ2n) is 6.18. The molecule has 2 aromatic carbocycles. The lowest BCUT2D eigenvalue weighted by Gasteiger charge is -2.26. The van der Waals surface area contributed by atoms with Crippen molar-refractivity contribution in [1.82, 2.24) is 5.32 Å². The van der Waals surface area contributed by atoms with Gasteiger partial charge in [-0.3, -0.25) is 9.59 Å². The number of anilines is 1. The number of para-hydroxylation sites is 1. The first kappa shape index (κ1) is 18.3. The molecule has 0 unspecified atom stereocenters. The van der Waals surface area contributed by atoms with E-state index < -0.39 is 0 Å². The predicted octanol–water partition coefficient (Wildman–Crippen LogP) is 3.78. The molecule has 2 amide bonds. The molecular weight excluding hydrogens is 344 g/mol. The Bertz CT molecular complexity index is 818. The highest BCUT2D eigenvalue weighted by atomic mass is 32.2. The largest absolute Gasteiger partial charge is 0.353 e. The van der Waals surface area contributed by atoms with Crippen molar-refractivity contribution in [3.8, 4) is 0 Å². The van der Waals surface area contributed by atoms with Gasteiger partial charge in [0.15, 0.2) is 0 Å². The fraction of sp³-hybridized carbons (Fsp3) is 0.238. The van der Waals surface area contributed by atoms with Gasteiger partial charge in [0.25, 0.3) is 5.91 Å². The molecule has 0 aliphatic carbocycles. The molecule has 0 bridgehead atoms. The Hall–Kier alpha value is -2.53. The van der Waals surface area contributed by atoms with Gasteiger partial charge in [0.2, 0.25) is 5.91 Å². The molecular formula is C21H22N2O2S. The maximum atomic E-state index is 12.4. The van der Waals surface area contributed by atoms with E-state index in [9.17, 15) is 9.59 Å². The lowest BCUT2D eigenvalue weighted by atomic mass is 10.1. The van der Waals surface area contributed by atoms with Crippen LogP contribution in [-0.2, 0) is 16.0 Å². The van der Waals surface area contributed by atoms with Crippen LogP contribution in [0, 0.1) is 0 Å². The van der Waals surface area contributed by atoms with Gasteiger partial charge in [0.05, 0.1) is 10.6 Å². The van der Waals surface area contributed by atoms with E-state index in [-0.39, 0.29) is 11.8 Å². The van der Waals surface area contributed by atoms with Gasteiger partial charge in [-0.15, -0.1) is 0 Å². The first-order chi connectivity index (χ1) is 12.6. The number of nitrogens with one attached hydrogen (secondary N) is 1. The van der Waals surface area contributed by atoms with Gasteiger partial charge in [-0.1, -0.05) is 54.2 Å². The number of aryl methyl sites for hydroxylation is 1. The summed E-state index contributed by atoms with van der Waals surface area (Å²) in [6.45, 7) is 0.612. The predicted molar refractivity (Wildman–Crippen MR) is 106 cm³/mol. The van der Waals surface area contributed by atoms with Gasteiger partial charge in [-0.2, -0.15) is 0 Å². The van der Waals surface area contributed by atoms with Crippen molar-refractivity contribution in [2.45, 2.75) is 24.2 Å². The summed E-state index contributed by atoms with van der Waals surface area (Å²) in [5, 5.41) is 2.88. The van der Waals surface area contributed by atoms with Gasteiger partial charge in [-0.05, 0) is 37.0 Å². The highest BCUT2D eigenvalue weighted by molar-refractivity contribution is 8.04. The van der Waals surface area contributed by atoms with Crippen molar-refractivity contribution in [3.63, 3.8) is 0 Å². The van der Waals surface area contributed by atoms with Crippen LogP contribution in [0.5, 0.6) is 0 Å². The first-order valence-electron chi connectivity index (χ1n) is 8.73. The Balaban J connectivity index is 1.49. The van der Waals surface area contributed by atoms with E-state index in [0.29, 0.717) is 11.4 Å². The molecule has 0 saturated carbocycles. The second-order valence-corrected chi connectivity index (χ2v) is 7.26. The van der Waals surface area contributed by atoms with E-state index in [1.807, 2.05) is 42.5 Å². The van der Waals surface area contributed by atoms with Crippen LogP contribution in [0.25, 0.3) is 0 Å². The Kier molecular flexibility index (Phi) is 6.12. The number of thioether (sulfide) groups is 1. The molecule has 0 fully saturated rings. The Morgan fingerprint density at radius 3 is 2.62 bits per heavy atom. The molecule has 1 N–H and O–H groups in total. The smallest absolute Gasteiger partial charge is 0.265 e. The SMILES string of the molecule is CN1C(=O)/C(=C\C(=O)NCCCCc2ccccc2)Sc2ccccc21. The number of hydrogen-bond acceptors (Lipinski definition) is 3.